The number of nitrogens with two attached hydrogens (primary N) is 1. The number of nitrogens with one attached hydrogen (secondary N) is 1. The van der Waals surface area contributed by atoms with Crippen molar-refractivity contribution < 1.29 is 14.6 Å². The van der Waals surface area contributed by atoms with Crippen molar-refractivity contribution >= 4 is 0 Å². The molecule has 0 bridgehead atoms. The Labute approximate surface area is 79.2 Å². The topological polar surface area (TPSA) is 76.7 Å². The molecule has 0 aromatic rings. The van der Waals surface area contributed by atoms with Crippen LogP contribution < -0.4 is 11.1 Å². The maximum atomic E-state index is 8.13. The van der Waals surface area contributed by atoms with Crippen LogP contribution in [0.15, 0.2) is 0 Å². The Balaban J connectivity index is 0.000000223. The van der Waals surface area contributed by atoms with E-state index in [9.17, 15) is 0 Å². The first kappa shape index (κ1) is 12.8. The van der Waals surface area contributed by atoms with Crippen LogP contribution in [0.2, 0.25) is 0 Å². The van der Waals surface area contributed by atoms with Crippen molar-refractivity contribution in [2.24, 2.45) is 5.73 Å². The van der Waals surface area contributed by atoms with Crippen LogP contribution in [0.25, 0.3) is 0 Å². The molecule has 1 fully saturated rings. The average Bonchev–Trinajstić information content (AvgIpc) is 2.22. The first-order chi connectivity index (χ1) is 6.41. The van der Waals surface area contributed by atoms with Gasteiger partial charge in [-0.25, -0.2) is 0 Å². The van der Waals surface area contributed by atoms with Gasteiger partial charge in [0.05, 0.1) is 33.0 Å². The quantitative estimate of drug-likeness (QED) is 0.476. The lowest BCUT2D eigenvalue weighted by Crippen LogP contribution is -2.30. The molecule has 80 valence electrons. The molecule has 0 aliphatic carbocycles. The molecule has 0 amide bonds. The maximum Gasteiger partial charge on any atom is 0.0698 e. The molecule has 5 nitrogen and oxygen atoms in total. The third-order valence-corrected chi connectivity index (χ3v) is 1.34. The van der Waals surface area contributed by atoms with Gasteiger partial charge in [-0.1, -0.05) is 0 Å². The third kappa shape index (κ3) is 11.8. The van der Waals surface area contributed by atoms with E-state index in [-0.39, 0.29) is 6.61 Å². The number of hydrogen-bond acceptors (Lipinski definition) is 5. The van der Waals surface area contributed by atoms with Gasteiger partial charge in [-0.2, -0.15) is 0 Å². The zero-order valence-corrected chi connectivity index (χ0v) is 8.00. The van der Waals surface area contributed by atoms with Crippen molar-refractivity contribution in [3.63, 3.8) is 0 Å². The molecule has 5 heteroatoms. The predicted octanol–water partition coefficient (Wildman–Crippen LogP) is -1.44. The molecule has 0 unspecified atom stereocenters. The molecule has 0 radical (unpaired) electrons. The molecule has 1 heterocycles. The van der Waals surface area contributed by atoms with Gasteiger partial charge in [0.2, 0.25) is 0 Å². The van der Waals surface area contributed by atoms with Crippen molar-refractivity contribution in [2.75, 3.05) is 52.7 Å². The van der Waals surface area contributed by atoms with Gasteiger partial charge in [-0.05, 0) is 0 Å². The van der Waals surface area contributed by atoms with Gasteiger partial charge in [-0.15, -0.1) is 0 Å². The second-order valence-corrected chi connectivity index (χ2v) is 2.49. The first-order valence-electron chi connectivity index (χ1n) is 4.59. The van der Waals surface area contributed by atoms with E-state index >= 15 is 0 Å². The Hall–Kier alpha value is -0.200. The minimum Gasteiger partial charge on any atom is -0.394 e. The Morgan fingerprint density at radius 3 is 2.31 bits per heavy atom. The van der Waals surface area contributed by atoms with Gasteiger partial charge in [0, 0.05) is 19.6 Å². The summed E-state index contributed by atoms with van der Waals surface area (Å²) in [5.41, 5.74) is 5.06. The second-order valence-electron chi connectivity index (χ2n) is 2.49. The van der Waals surface area contributed by atoms with Crippen LogP contribution in [-0.4, -0.2) is 57.8 Å². The average molecular weight is 192 g/mol. The molecule has 1 aliphatic rings. The van der Waals surface area contributed by atoms with Crippen LogP contribution in [0, 0.1) is 0 Å². The Kier molecular flexibility index (Phi) is 11.6. The Bertz CT molecular complexity index is 73.9. The van der Waals surface area contributed by atoms with Crippen LogP contribution in [0.4, 0.5) is 0 Å². The van der Waals surface area contributed by atoms with E-state index in [1.807, 2.05) is 0 Å². The van der Waals surface area contributed by atoms with E-state index < -0.39 is 0 Å². The second kappa shape index (κ2) is 11.8. The summed E-state index contributed by atoms with van der Waals surface area (Å²) in [6.45, 7) is 5.39. The minimum atomic E-state index is 0.0833. The fraction of sp³-hybridized carbons (Fsp3) is 1.00. The van der Waals surface area contributed by atoms with Gasteiger partial charge >= 0.3 is 0 Å². The fourth-order valence-corrected chi connectivity index (χ4v) is 0.766. The summed E-state index contributed by atoms with van der Waals surface area (Å²) in [5, 5.41) is 11.3. The summed E-state index contributed by atoms with van der Waals surface area (Å²) in [4.78, 5) is 0. The molecule has 4 N–H and O–H groups in total. The molecule has 1 aliphatic heterocycles. The monoisotopic (exact) mass is 192 g/mol. The number of aliphatic hydroxyl groups is 1. The van der Waals surface area contributed by atoms with E-state index in [0.717, 1.165) is 26.3 Å². The highest BCUT2D eigenvalue weighted by Gasteiger charge is 1.92. The molecule has 0 aromatic heterocycles. The first-order valence-corrected chi connectivity index (χ1v) is 4.59. The molecule has 0 atom stereocenters. The fourth-order valence-electron chi connectivity index (χ4n) is 0.766. The standard InChI is InChI=1S/C4H11NO2.C4H9NO/c5-1-3-7-4-2-6;1-3-6-4-2-5-1/h6H,1-5H2;5H,1-4H2. The van der Waals surface area contributed by atoms with Crippen LogP contribution >= 0.6 is 0 Å². The SMILES string of the molecule is C1COCCN1.NCCOCCO. The number of rotatable bonds is 4. The van der Waals surface area contributed by atoms with Crippen molar-refractivity contribution in [3.8, 4) is 0 Å². The van der Waals surface area contributed by atoms with E-state index in [1.54, 1.807) is 0 Å². The molecular formula is C8H20N2O3. The van der Waals surface area contributed by atoms with E-state index in [0.29, 0.717) is 19.8 Å². The van der Waals surface area contributed by atoms with Gasteiger partial charge in [0.1, 0.15) is 0 Å². The highest BCUT2D eigenvalue weighted by Crippen LogP contribution is 1.76. The van der Waals surface area contributed by atoms with Crippen LogP contribution in [0.1, 0.15) is 0 Å². The maximum absolute atomic E-state index is 8.13. The zero-order chi connectivity index (χ0) is 9.78. The highest BCUT2D eigenvalue weighted by atomic mass is 16.5. The summed E-state index contributed by atoms with van der Waals surface area (Å²) in [6.07, 6.45) is 0. The smallest absolute Gasteiger partial charge is 0.0698 e. The highest BCUT2D eigenvalue weighted by molar-refractivity contribution is 4.49. The van der Waals surface area contributed by atoms with E-state index in [1.165, 1.54) is 0 Å². The van der Waals surface area contributed by atoms with Crippen molar-refractivity contribution in [2.45, 2.75) is 0 Å². The Morgan fingerprint density at radius 1 is 1.31 bits per heavy atom. The third-order valence-electron chi connectivity index (χ3n) is 1.34. The molecule has 1 rings (SSSR count). The van der Waals surface area contributed by atoms with Gasteiger partial charge in [0.25, 0.3) is 0 Å². The summed E-state index contributed by atoms with van der Waals surface area (Å²) in [7, 11) is 0. The summed E-state index contributed by atoms with van der Waals surface area (Å²) < 4.78 is 9.76. The lowest BCUT2D eigenvalue weighted by Gasteiger charge is -2.10. The van der Waals surface area contributed by atoms with E-state index in [4.69, 9.17) is 20.3 Å². The van der Waals surface area contributed by atoms with Crippen LogP contribution in [-0.2, 0) is 9.47 Å². The van der Waals surface area contributed by atoms with Crippen LogP contribution in [0.5, 0.6) is 0 Å². The van der Waals surface area contributed by atoms with Crippen LogP contribution in [0.3, 0.4) is 0 Å². The Morgan fingerprint density at radius 2 is 2.00 bits per heavy atom. The molecule has 1 saturated heterocycles. The van der Waals surface area contributed by atoms with Crippen molar-refractivity contribution in [1.82, 2.24) is 5.32 Å². The summed E-state index contributed by atoms with van der Waals surface area (Å²) in [5.74, 6) is 0. The van der Waals surface area contributed by atoms with Gasteiger partial charge < -0.3 is 25.6 Å². The number of aliphatic hydroxyl groups excluding tert-OH is 1. The molecular weight excluding hydrogens is 172 g/mol. The molecule has 0 aromatic carbocycles. The normalized spacial score (nSPS) is 16.2. The molecule has 13 heavy (non-hydrogen) atoms. The summed E-state index contributed by atoms with van der Waals surface area (Å²) in [6, 6.07) is 0. The number of morpholine rings is 1. The largest absolute Gasteiger partial charge is 0.394 e. The summed E-state index contributed by atoms with van der Waals surface area (Å²) >= 11 is 0. The van der Waals surface area contributed by atoms with Gasteiger partial charge in [0.15, 0.2) is 0 Å². The van der Waals surface area contributed by atoms with Crippen molar-refractivity contribution in [3.05, 3.63) is 0 Å². The van der Waals surface area contributed by atoms with Crippen molar-refractivity contribution in [1.29, 1.82) is 0 Å². The number of ether oxygens (including phenoxy) is 2. The van der Waals surface area contributed by atoms with Gasteiger partial charge in [-0.3, -0.25) is 0 Å². The zero-order valence-electron chi connectivity index (χ0n) is 8.00. The lowest BCUT2D eigenvalue weighted by molar-refractivity contribution is 0.0976. The van der Waals surface area contributed by atoms with E-state index in [2.05, 4.69) is 5.32 Å². The molecule has 0 saturated carbocycles. The minimum absolute atomic E-state index is 0.0833. The predicted molar refractivity (Wildman–Crippen MR) is 50.6 cm³/mol. The molecule has 0 spiro atoms. The lowest BCUT2D eigenvalue weighted by atomic mass is 10.5. The number of hydrogen-bond donors (Lipinski definition) is 3.